The average Bonchev–Trinajstić information content (AvgIpc) is 2.53. The van der Waals surface area contributed by atoms with Crippen molar-refractivity contribution in [1.82, 2.24) is 15.5 Å². The van der Waals surface area contributed by atoms with E-state index in [1.165, 1.54) is 0 Å². The molecule has 6 nitrogen and oxygen atoms in total. The fourth-order valence-corrected chi connectivity index (χ4v) is 2.44. The number of likely N-dealkylation sites (N-methyl/N-ethyl adjacent to an activating group) is 1. The van der Waals surface area contributed by atoms with E-state index in [4.69, 9.17) is 9.84 Å². The van der Waals surface area contributed by atoms with Gasteiger partial charge < -0.3 is 25.4 Å². The van der Waals surface area contributed by atoms with Gasteiger partial charge in [-0.05, 0) is 39.2 Å². The van der Waals surface area contributed by atoms with Gasteiger partial charge in [0.1, 0.15) is 0 Å². The fraction of sp³-hybridized carbons (Fsp3) is 0.941. The fourth-order valence-electron chi connectivity index (χ4n) is 2.44. The number of aliphatic imine (C=N–C) groups is 1. The normalized spacial score (nSPS) is 12.8. The van der Waals surface area contributed by atoms with Gasteiger partial charge in [0, 0.05) is 53.0 Å². The maximum Gasteiger partial charge on any atom is 0.191 e. The van der Waals surface area contributed by atoms with Crippen LogP contribution in [0.1, 0.15) is 39.5 Å². The van der Waals surface area contributed by atoms with Gasteiger partial charge in [0.25, 0.3) is 0 Å². The van der Waals surface area contributed by atoms with Gasteiger partial charge in [-0.15, -0.1) is 24.0 Å². The highest BCUT2D eigenvalue weighted by atomic mass is 127. The summed E-state index contributed by atoms with van der Waals surface area (Å²) in [7, 11) is 3.86. The molecule has 0 aromatic rings. The Morgan fingerprint density at radius 3 is 2.54 bits per heavy atom. The molecule has 0 radical (unpaired) electrons. The lowest BCUT2D eigenvalue weighted by Gasteiger charge is -2.19. The number of rotatable bonds is 14. The molecule has 0 aromatic carbocycles. The van der Waals surface area contributed by atoms with Crippen molar-refractivity contribution >= 4 is 29.9 Å². The minimum atomic E-state index is 0. The molecule has 0 amide bonds. The van der Waals surface area contributed by atoms with Crippen LogP contribution in [-0.4, -0.2) is 76.1 Å². The average molecular weight is 458 g/mol. The third-order valence-corrected chi connectivity index (χ3v) is 3.76. The highest BCUT2D eigenvalue weighted by molar-refractivity contribution is 14.0. The predicted molar refractivity (Wildman–Crippen MR) is 113 cm³/mol. The molecule has 1 atom stereocenters. The summed E-state index contributed by atoms with van der Waals surface area (Å²) in [6, 6.07) is 0. The van der Waals surface area contributed by atoms with E-state index >= 15 is 0 Å². The predicted octanol–water partition coefficient (Wildman–Crippen LogP) is 1.93. The maximum atomic E-state index is 9.13. The minimum absolute atomic E-state index is 0. The van der Waals surface area contributed by atoms with E-state index in [0.717, 1.165) is 71.0 Å². The van der Waals surface area contributed by atoms with Gasteiger partial charge in [-0.25, -0.2) is 0 Å². The van der Waals surface area contributed by atoms with E-state index in [9.17, 15) is 0 Å². The number of methoxy groups -OCH3 is 1. The van der Waals surface area contributed by atoms with Gasteiger partial charge in [-0.2, -0.15) is 0 Å². The smallest absolute Gasteiger partial charge is 0.191 e. The first-order valence-corrected chi connectivity index (χ1v) is 8.98. The number of hydrogen-bond acceptors (Lipinski definition) is 4. The Hall–Kier alpha value is -0.120. The van der Waals surface area contributed by atoms with Crippen molar-refractivity contribution in [2.45, 2.75) is 39.5 Å². The highest BCUT2D eigenvalue weighted by Crippen LogP contribution is 2.10. The first kappa shape index (κ1) is 26.1. The van der Waals surface area contributed by atoms with E-state index < -0.39 is 0 Å². The van der Waals surface area contributed by atoms with Crippen LogP contribution in [0.4, 0.5) is 0 Å². The number of hydrogen-bond donors (Lipinski definition) is 3. The van der Waals surface area contributed by atoms with E-state index in [1.54, 1.807) is 7.11 Å². The molecular formula is C17H39IN4O2. The summed E-state index contributed by atoms with van der Waals surface area (Å²) >= 11 is 0. The third-order valence-electron chi connectivity index (χ3n) is 3.76. The molecule has 0 aromatic heterocycles. The molecule has 0 heterocycles. The Balaban J connectivity index is 0. The van der Waals surface area contributed by atoms with Crippen molar-refractivity contribution < 1.29 is 9.84 Å². The zero-order valence-electron chi connectivity index (χ0n) is 16.0. The third kappa shape index (κ3) is 15.4. The van der Waals surface area contributed by atoms with Crippen LogP contribution in [0.5, 0.6) is 0 Å². The Kier molecular flexibility index (Phi) is 20.9. The molecule has 1 unspecified atom stereocenters. The number of aliphatic hydroxyl groups is 1. The van der Waals surface area contributed by atoms with E-state index in [2.05, 4.69) is 41.4 Å². The van der Waals surface area contributed by atoms with Gasteiger partial charge in [-0.3, -0.25) is 4.99 Å². The molecule has 7 heteroatoms. The summed E-state index contributed by atoms with van der Waals surface area (Å²) in [6.45, 7) is 9.82. The van der Waals surface area contributed by atoms with Crippen molar-refractivity contribution in [3.63, 3.8) is 0 Å². The summed E-state index contributed by atoms with van der Waals surface area (Å²) in [5.74, 6) is 1.34. The van der Waals surface area contributed by atoms with Crippen LogP contribution in [-0.2, 0) is 4.74 Å². The summed E-state index contributed by atoms with van der Waals surface area (Å²) < 4.78 is 5.07. The monoisotopic (exact) mass is 458 g/mol. The zero-order chi connectivity index (χ0) is 17.3. The molecule has 3 N–H and O–H groups in total. The van der Waals surface area contributed by atoms with Crippen LogP contribution < -0.4 is 10.6 Å². The Bertz CT molecular complexity index is 288. The van der Waals surface area contributed by atoms with Crippen LogP contribution in [0.25, 0.3) is 0 Å². The Morgan fingerprint density at radius 1 is 1.21 bits per heavy atom. The molecule has 24 heavy (non-hydrogen) atoms. The molecule has 0 fully saturated rings. The van der Waals surface area contributed by atoms with Crippen molar-refractivity contribution in [2.24, 2.45) is 10.9 Å². The number of nitrogens with zero attached hydrogens (tertiary/aromatic N) is 2. The SMILES string of the molecule is CCCC(CCO)CN=C(NCC)NCCN(C)CCCOC.I. The number of guanidine groups is 1. The van der Waals surface area contributed by atoms with Crippen LogP contribution in [0, 0.1) is 5.92 Å². The first-order chi connectivity index (χ1) is 11.2. The van der Waals surface area contributed by atoms with Crippen molar-refractivity contribution in [1.29, 1.82) is 0 Å². The van der Waals surface area contributed by atoms with Crippen molar-refractivity contribution in [3.05, 3.63) is 0 Å². The number of halogens is 1. The molecule has 0 bridgehead atoms. The maximum absolute atomic E-state index is 9.13. The van der Waals surface area contributed by atoms with Crippen LogP contribution in [0.2, 0.25) is 0 Å². The summed E-state index contributed by atoms with van der Waals surface area (Å²) in [4.78, 5) is 6.96. The second-order valence-corrected chi connectivity index (χ2v) is 5.96. The summed E-state index contributed by atoms with van der Waals surface area (Å²) in [5.41, 5.74) is 0. The van der Waals surface area contributed by atoms with Crippen molar-refractivity contribution in [3.8, 4) is 0 Å². The van der Waals surface area contributed by atoms with Gasteiger partial charge >= 0.3 is 0 Å². The molecule has 0 aliphatic carbocycles. The van der Waals surface area contributed by atoms with Crippen LogP contribution in [0.3, 0.4) is 0 Å². The lowest BCUT2D eigenvalue weighted by molar-refractivity contribution is 0.180. The zero-order valence-corrected chi connectivity index (χ0v) is 18.3. The first-order valence-electron chi connectivity index (χ1n) is 8.98. The second kappa shape index (κ2) is 19.2. The quantitative estimate of drug-likeness (QED) is 0.161. The van der Waals surface area contributed by atoms with E-state index in [1.807, 2.05) is 0 Å². The number of nitrogens with one attached hydrogen (secondary N) is 2. The molecule has 0 saturated carbocycles. The highest BCUT2D eigenvalue weighted by Gasteiger charge is 2.07. The Morgan fingerprint density at radius 2 is 1.96 bits per heavy atom. The van der Waals surface area contributed by atoms with Crippen molar-refractivity contribution in [2.75, 3.05) is 60.1 Å². The molecular weight excluding hydrogens is 419 g/mol. The van der Waals surface area contributed by atoms with Crippen LogP contribution in [0.15, 0.2) is 4.99 Å². The molecule has 0 aliphatic rings. The summed E-state index contributed by atoms with van der Waals surface area (Å²) in [5, 5.41) is 15.8. The molecule has 0 saturated heterocycles. The molecule has 0 aliphatic heterocycles. The standard InChI is InChI=1S/C17H38N4O2.HI/c1-5-8-16(9-13-22)15-20-17(18-6-2)19-10-12-21(3)11-7-14-23-4;/h16,22H,5-15H2,1-4H3,(H2,18,19,20);1H. The van der Waals surface area contributed by atoms with Crippen LogP contribution >= 0.6 is 24.0 Å². The Labute approximate surface area is 165 Å². The van der Waals surface area contributed by atoms with Gasteiger partial charge in [0.15, 0.2) is 5.96 Å². The summed E-state index contributed by atoms with van der Waals surface area (Å²) in [6.07, 6.45) is 4.14. The lowest BCUT2D eigenvalue weighted by atomic mass is 10.0. The van der Waals surface area contributed by atoms with Gasteiger partial charge in [0.05, 0.1) is 0 Å². The molecule has 0 spiro atoms. The van der Waals surface area contributed by atoms with Gasteiger partial charge in [0.2, 0.25) is 0 Å². The number of aliphatic hydroxyl groups excluding tert-OH is 1. The minimum Gasteiger partial charge on any atom is -0.396 e. The largest absolute Gasteiger partial charge is 0.396 e. The lowest BCUT2D eigenvalue weighted by Crippen LogP contribution is -2.41. The molecule has 0 rings (SSSR count). The second-order valence-electron chi connectivity index (χ2n) is 5.96. The number of ether oxygens (including phenoxy) is 1. The molecule has 146 valence electrons. The van der Waals surface area contributed by atoms with E-state index in [0.29, 0.717) is 5.92 Å². The topological polar surface area (TPSA) is 69.1 Å². The van der Waals surface area contributed by atoms with E-state index in [-0.39, 0.29) is 30.6 Å². The van der Waals surface area contributed by atoms with Gasteiger partial charge in [-0.1, -0.05) is 13.3 Å².